The Morgan fingerprint density at radius 2 is 1.68 bits per heavy atom. The van der Waals surface area contributed by atoms with Crippen molar-refractivity contribution in [3.63, 3.8) is 0 Å². The first-order chi connectivity index (χ1) is 11.9. The largest absolute Gasteiger partial charge is 0.497 e. The van der Waals surface area contributed by atoms with Crippen LogP contribution in [-0.2, 0) is 4.79 Å². The quantitative estimate of drug-likeness (QED) is 0.814. The van der Waals surface area contributed by atoms with Crippen LogP contribution in [0.25, 0.3) is 0 Å². The number of nitrogens with one attached hydrogen (secondary N) is 1. The van der Waals surface area contributed by atoms with Gasteiger partial charge in [-0.1, -0.05) is 25.1 Å². The maximum atomic E-state index is 12.5. The van der Waals surface area contributed by atoms with Gasteiger partial charge in [-0.05, 0) is 68.1 Å². The molecule has 1 amide bonds. The zero-order valence-electron chi connectivity index (χ0n) is 15.6. The van der Waals surface area contributed by atoms with Crippen LogP contribution in [0.4, 0.5) is 0 Å². The van der Waals surface area contributed by atoms with Crippen molar-refractivity contribution in [2.75, 3.05) is 7.11 Å². The molecule has 0 bridgehead atoms. The first-order valence-electron chi connectivity index (χ1n) is 8.62. The van der Waals surface area contributed by atoms with Crippen molar-refractivity contribution in [3.05, 3.63) is 59.2 Å². The lowest BCUT2D eigenvalue weighted by Crippen LogP contribution is -2.38. The van der Waals surface area contributed by atoms with Gasteiger partial charge in [-0.2, -0.15) is 0 Å². The van der Waals surface area contributed by atoms with E-state index in [-0.39, 0.29) is 11.9 Å². The third-order valence-corrected chi connectivity index (χ3v) is 4.40. The van der Waals surface area contributed by atoms with Gasteiger partial charge in [-0.3, -0.25) is 4.79 Å². The number of ether oxygens (including phenoxy) is 2. The molecule has 0 fully saturated rings. The first-order valence-corrected chi connectivity index (χ1v) is 8.62. The summed E-state index contributed by atoms with van der Waals surface area (Å²) in [6, 6.07) is 13.5. The van der Waals surface area contributed by atoms with Crippen LogP contribution >= 0.6 is 0 Å². The highest BCUT2D eigenvalue weighted by molar-refractivity contribution is 5.81. The minimum absolute atomic E-state index is 0.0197. The summed E-state index contributed by atoms with van der Waals surface area (Å²) in [5.74, 6) is 1.27. The lowest BCUT2D eigenvalue weighted by molar-refractivity contribution is -0.128. The SMILES string of the molecule is CCC(NC(=O)C(C)Oc1ccc(OC)cc1)c1ccc(C)c(C)c1. The highest BCUT2D eigenvalue weighted by Crippen LogP contribution is 2.21. The van der Waals surface area contributed by atoms with Gasteiger partial charge in [0.2, 0.25) is 0 Å². The van der Waals surface area contributed by atoms with Crippen LogP contribution in [0.5, 0.6) is 11.5 Å². The number of hydrogen-bond donors (Lipinski definition) is 1. The van der Waals surface area contributed by atoms with Gasteiger partial charge in [0.05, 0.1) is 13.2 Å². The van der Waals surface area contributed by atoms with Crippen molar-refractivity contribution in [2.45, 2.75) is 46.3 Å². The van der Waals surface area contributed by atoms with E-state index in [0.29, 0.717) is 5.75 Å². The van der Waals surface area contributed by atoms with E-state index in [9.17, 15) is 4.79 Å². The maximum Gasteiger partial charge on any atom is 0.261 e. The van der Waals surface area contributed by atoms with Gasteiger partial charge < -0.3 is 14.8 Å². The van der Waals surface area contributed by atoms with E-state index < -0.39 is 6.10 Å². The molecule has 0 saturated carbocycles. The summed E-state index contributed by atoms with van der Waals surface area (Å²) in [7, 11) is 1.61. The monoisotopic (exact) mass is 341 g/mol. The molecule has 0 heterocycles. The molecule has 2 aromatic rings. The molecule has 0 aromatic heterocycles. The van der Waals surface area contributed by atoms with Gasteiger partial charge in [-0.25, -0.2) is 0 Å². The lowest BCUT2D eigenvalue weighted by atomic mass is 9.99. The zero-order chi connectivity index (χ0) is 18.4. The Kier molecular flexibility index (Phi) is 6.45. The molecule has 25 heavy (non-hydrogen) atoms. The van der Waals surface area contributed by atoms with Crippen molar-refractivity contribution in [1.82, 2.24) is 5.32 Å². The van der Waals surface area contributed by atoms with Crippen LogP contribution in [0.2, 0.25) is 0 Å². The van der Waals surface area contributed by atoms with E-state index in [0.717, 1.165) is 17.7 Å². The third kappa shape index (κ3) is 4.99. The van der Waals surface area contributed by atoms with Gasteiger partial charge in [0.15, 0.2) is 6.10 Å². The fourth-order valence-electron chi connectivity index (χ4n) is 2.60. The highest BCUT2D eigenvalue weighted by Gasteiger charge is 2.19. The summed E-state index contributed by atoms with van der Waals surface area (Å²) in [5.41, 5.74) is 3.60. The molecule has 1 N–H and O–H groups in total. The summed E-state index contributed by atoms with van der Waals surface area (Å²) in [5, 5.41) is 3.08. The number of benzene rings is 2. The fraction of sp³-hybridized carbons (Fsp3) is 0.381. The molecule has 0 aliphatic rings. The molecule has 0 aliphatic carbocycles. The Balaban J connectivity index is 2.01. The molecule has 0 aliphatic heterocycles. The summed E-state index contributed by atoms with van der Waals surface area (Å²) in [6.07, 6.45) is 0.248. The number of methoxy groups -OCH3 is 1. The molecule has 2 unspecified atom stereocenters. The van der Waals surface area contributed by atoms with Gasteiger partial charge in [0.25, 0.3) is 5.91 Å². The Hall–Kier alpha value is -2.49. The third-order valence-electron chi connectivity index (χ3n) is 4.40. The van der Waals surface area contributed by atoms with Gasteiger partial charge in [-0.15, -0.1) is 0 Å². The highest BCUT2D eigenvalue weighted by atomic mass is 16.5. The number of amides is 1. The fourth-order valence-corrected chi connectivity index (χ4v) is 2.60. The van der Waals surface area contributed by atoms with E-state index in [1.165, 1.54) is 11.1 Å². The summed E-state index contributed by atoms with van der Waals surface area (Å²) >= 11 is 0. The molecule has 2 rings (SSSR count). The summed E-state index contributed by atoms with van der Waals surface area (Å²) in [6.45, 7) is 7.99. The molecule has 2 atom stereocenters. The topological polar surface area (TPSA) is 47.6 Å². The molecular formula is C21H27NO3. The summed E-state index contributed by atoms with van der Waals surface area (Å²) in [4.78, 5) is 12.5. The number of hydrogen-bond acceptors (Lipinski definition) is 3. The van der Waals surface area contributed by atoms with Gasteiger partial charge in [0.1, 0.15) is 11.5 Å². The van der Waals surface area contributed by atoms with Gasteiger partial charge >= 0.3 is 0 Å². The first kappa shape index (κ1) is 18.8. The maximum absolute atomic E-state index is 12.5. The second kappa shape index (κ2) is 8.56. The van der Waals surface area contributed by atoms with E-state index in [1.54, 1.807) is 26.2 Å². The standard InChI is InChI=1S/C21H27NO3/c1-6-20(17-8-7-14(2)15(3)13-17)22-21(23)16(4)25-19-11-9-18(24-5)10-12-19/h7-13,16,20H,6H2,1-5H3,(H,22,23). The van der Waals surface area contributed by atoms with Crippen LogP contribution in [0.1, 0.15) is 43.0 Å². The lowest BCUT2D eigenvalue weighted by Gasteiger charge is -2.21. The number of carbonyl (C=O) groups is 1. The molecule has 4 nitrogen and oxygen atoms in total. The van der Waals surface area contributed by atoms with Crippen molar-refractivity contribution >= 4 is 5.91 Å². The average molecular weight is 341 g/mol. The van der Waals surface area contributed by atoms with E-state index >= 15 is 0 Å². The molecule has 4 heteroatoms. The van der Waals surface area contributed by atoms with Crippen LogP contribution in [0.15, 0.2) is 42.5 Å². The Bertz CT molecular complexity index is 710. The molecular weight excluding hydrogens is 314 g/mol. The molecule has 0 spiro atoms. The normalized spacial score (nSPS) is 13.0. The minimum atomic E-state index is -0.575. The number of carbonyl (C=O) groups excluding carboxylic acids is 1. The predicted molar refractivity (Wildman–Crippen MR) is 100 cm³/mol. The Morgan fingerprint density at radius 1 is 1.04 bits per heavy atom. The number of aryl methyl sites for hydroxylation is 2. The second-order valence-electron chi connectivity index (χ2n) is 6.25. The van der Waals surface area contributed by atoms with Crippen LogP contribution in [0, 0.1) is 13.8 Å². The molecule has 0 radical (unpaired) electrons. The van der Waals surface area contributed by atoms with E-state index in [1.807, 2.05) is 12.1 Å². The van der Waals surface area contributed by atoms with Crippen molar-refractivity contribution in [2.24, 2.45) is 0 Å². The van der Waals surface area contributed by atoms with E-state index in [4.69, 9.17) is 9.47 Å². The minimum Gasteiger partial charge on any atom is -0.497 e. The zero-order valence-corrected chi connectivity index (χ0v) is 15.6. The Labute approximate surface area is 150 Å². The van der Waals surface area contributed by atoms with Crippen LogP contribution in [0.3, 0.4) is 0 Å². The van der Waals surface area contributed by atoms with Crippen LogP contribution < -0.4 is 14.8 Å². The Morgan fingerprint density at radius 3 is 2.24 bits per heavy atom. The van der Waals surface area contributed by atoms with Crippen molar-refractivity contribution in [3.8, 4) is 11.5 Å². The summed E-state index contributed by atoms with van der Waals surface area (Å²) < 4.78 is 10.9. The van der Waals surface area contributed by atoms with Gasteiger partial charge in [0, 0.05) is 0 Å². The number of rotatable bonds is 7. The predicted octanol–water partition coefficient (Wildman–Crippen LogP) is 4.35. The van der Waals surface area contributed by atoms with E-state index in [2.05, 4.69) is 44.3 Å². The second-order valence-corrected chi connectivity index (χ2v) is 6.25. The smallest absolute Gasteiger partial charge is 0.261 e. The van der Waals surface area contributed by atoms with Crippen LogP contribution in [-0.4, -0.2) is 19.1 Å². The van der Waals surface area contributed by atoms with Crippen molar-refractivity contribution in [1.29, 1.82) is 0 Å². The average Bonchev–Trinajstić information content (AvgIpc) is 2.62. The molecule has 0 saturated heterocycles. The molecule has 134 valence electrons. The molecule has 2 aromatic carbocycles. The van der Waals surface area contributed by atoms with Crippen molar-refractivity contribution < 1.29 is 14.3 Å².